The Labute approximate surface area is 322 Å². The van der Waals surface area contributed by atoms with E-state index in [1.165, 1.54) is 10.4 Å². The van der Waals surface area contributed by atoms with Gasteiger partial charge in [-0.05, 0) is 99.0 Å². The molecule has 291 valence electrons. The van der Waals surface area contributed by atoms with Crippen LogP contribution >= 0.6 is 0 Å². The molecule has 0 amide bonds. The zero-order chi connectivity index (χ0) is 38.8. The maximum atomic E-state index is 7.38. The Morgan fingerprint density at radius 2 is 1.38 bits per heavy atom. The smallest absolute Gasteiger partial charge is 0.261 e. The van der Waals surface area contributed by atoms with Crippen molar-refractivity contribution >= 4 is 36.0 Å². The lowest BCUT2D eigenvalue weighted by atomic mass is 9.91. The first-order valence-corrected chi connectivity index (χ1v) is 27.2. The Bertz CT molecular complexity index is 1400. The fourth-order valence-corrected chi connectivity index (χ4v) is 15.3. The molecule has 4 rings (SSSR count). The Hall–Kier alpha value is -1.37. The molecule has 0 spiro atoms. The number of hydrogen-bond donors (Lipinski definition) is 0. The van der Waals surface area contributed by atoms with E-state index < -0.39 is 25.7 Å². The molecule has 2 fully saturated rings. The van der Waals surface area contributed by atoms with Gasteiger partial charge in [0.05, 0.1) is 35.6 Å². The van der Waals surface area contributed by atoms with Crippen LogP contribution in [0.4, 0.5) is 0 Å². The van der Waals surface area contributed by atoms with Crippen LogP contribution in [0.5, 0.6) is 0 Å². The van der Waals surface area contributed by atoms with Gasteiger partial charge >= 0.3 is 0 Å². The van der Waals surface area contributed by atoms with Gasteiger partial charge < -0.3 is 22.8 Å². The normalized spacial score (nSPS) is 27.3. The molecule has 2 aromatic rings. The van der Waals surface area contributed by atoms with Gasteiger partial charge in [0.1, 0.15) is 0 Å². The third-order valence-electron chi connectivity index (χ3n) is 12.5. The summed E-state index contributed by atoms with van der Waals surface area (Å²) in [5, 5.41) is 2.73. The number of ether oxygens (including phenoxy) is 2. The third-order valence-corrected chi connectivity index (χ3v) is 22.8. The molecule has 8 atom stereocenters. The summed E-state index contributed by atoms with van der Waals surface area (Å²) in [4.78, 5) is 0. The molecule has 2 heterocycles. The predicted molar refractivity (Wildman–Crippen MR) is 226 cm³/mol. The molecular formula is C44H73O5Si3. The fourth-order valence-electron chi connectivity index (χ4n) is 8.13. The molecule has 52 heavy (non-hydrogen) atoms. The molecule has 5 nitrogen and oxygen atoms in total. The van der Waals surface area contributed by atoms with E-state index in [-0.39, 0.29) is 57.5 Å². The van der Waals surface area contributed by atoms with Gasteiger partial charge in [-0.3, -0.25) is 0 Å². The highest BCUT2D eigenvalue weighted by molar-refractivity contribution is 6.99. The molecule has 2 aliphatic heterocycles. The Balaban J connectivity index is 1.45. The highest BCUT2D eigenvalue weighted by Gasteiger charge is 2.53. The van der Waals surface area contributed by atoms with Crippen molar-refractivity contribution in [2.24, 2.45) is 11.8 Å². The van der Waals surface area contributed by atoms with Crippen molar-refractivity contribution in [3.8, 4) is 0 Å². The molecule has 2 aromatic carbocycles. The van der Waals surface area contributed by atoms with Crippen LogP contribution in [0.3, 0.4) is 0 Å². The number of benzene rings is 2. The number of hydrogen-bond acceptors (Lipinski definition) is 5. The van der Waals surface area contributed by atoms with Crippen molar-refractivity contribution in [2.45, 2.75) is 174 Å². The van der Waals surface area contributed by atoms with Crippen LogP contribution < -0.4 is 10.4 Å². The van der Waals surface area contributed by atoms with Crippen molar-refractivity contribution in [1.29, 1.82) is 0 Å². The molecule has 1 radical (unpaired) electrons. The summed E-state index contributed by atoms with van der Waals surface area (Å²) >= 11 is 0. The van der Waals surface area contributed by atoms with Crippen LogP contribution in [0, 0.1) is 11.8 Å². The Kier molecular flexibility index (Phi) is 14.0. The second kappa shape index (κ2) is 16.8. The largest absolute Gasteiger partial charge is 0.413 e. The molecule has 0 N–H and O–H groups in total. The summed E-state index contributed by atoms with van der Waals surface area (Å²) in [7, 11) is -5.49. The minimum atomic E-state index is -2.64. The van der Waals surface area contributed by atoms with E-state index in [0.717, 1.165) is 25.7 Å². The molecule has 2 aliphatic rings. The van der Waals surface area contributed by atoms with E-state index in [1.807, 2.05) is 0 Å². The van der Waals surface area contributed by atoms with E-state index in [4.69, 9.17) is 22.8 Å². The fraction of sp³-hybridized carbons (Fsp3) is 0.682. The molecule has 2 saturated heterocycles. The van der Waals surface area contributed by atoms with Crippen LogP contribution in [0.1, 0.15) is 102 Å². The van der Waals surface area contributed by atoms with Crippen LogP contribution in [-0.2, 0) is 22.8 Å². The summed E-state index contributed by atoms with van der Waals surface area (Å²) in [6.45, 7) is 35.1. The standard InChI is InChI=1S/C44H73O5Si3/c1-33(26-27-36-28-30-44(11,46-36)39-29-31-43(10,47-39)35(3)49-51(14,15)41(4,5)6)40(48-50(12)13)34(2)32-45-52(42(7,8)9,37-22-18-16-19-23-37)38-24-20-17-21-25-38/h16-27,33-36,39-40H,28-32H2,1-15H3/b27-26-/t33-,34+,35+,36+,39+,40-,43-,44-/m0/s1. The van der Waals surface area contributed by atoms with Gasteiger partial charge in [0.2, 0.25) is 9.04 Å². The van der Waals surface area contributed by atoms with Gasteiger partial charge in [0.25, 0.3) is 8.32 Å². The first kappa shape index (κ1) is 43.4. The first-order chi connectivity index (χ1) is 24.0. The quantitative estimate of drug-likeness (QED) is 0.133. The van der Waals surface area contributed by atoms with Crippen molar-refractivity contribution in [2.75, 3.05) is 6.61 Å². The van der Waals surface area contributed by atoms with E-state index in [9.17, 15) is 0 Å². The SMILES string of the molecule is C[C@H](CO[Si](c1ccccc1)(c1ccccc1)C(C)(C)C)[C@@H](O[Si](C)C)[C@@H](C)/C=C\[C@@H]1CC[C@@](C)([C@H]2CC[C@@](C)([C@@H](C)O[Si](C)(C)C(C)(C)C)O2)O1. The summed E-state index contributed by atoms with van der Waals surface area (Å²) in [5.41, 5.74) is -0.603. The summed E-state index contributed by atoms with van der Waals surface area (Å²) < 4.78 is 34.8. The van der Waals surface area contributed by atoms with Crippen molar-refractivity contribution in [3.05, 3.63) is 72.8 Å². The molecule has 0 bridgehead atoms. The van der Waals surface area contributed by atoms with Crippen LogP contribution in [-0.4, -0.2) is 67.9 Å². The minimum absolute atomic E-state index is 0.0445. The van der Waals surface area contributed by atoms with Gasteiger partial charge in [0, 0.05) is 12.5 Å². The van der Waals surface area contributed by atoms with Crippen LogP contribution in [0.2, 0.25) is 36.3 Å². The van der Waals surface area contributed by atoms with E-state index >= 15 is 0 Å². The van der Waals surface area contributed by atoms with Gasteiger partial charge in [-0.15, -0.1) is 0 Å². The molecule has 8 heteroatoms. The zero-order valence-electron chi connectivity index (χ0n) is 35.5. The molecule has 0 aliphatic carbocycles. The lowest BCUT2D eigenvalue weighted by Crippen LogP contribution is -2.67. The number of rotatable bonds is 15. The predicted octanol–water partition coefficient (Wildman–Crippen LogP) is 10.3. The Morgan fingerprint density at radius 3 is 1.88 bits per heavy atom. The second-order valence-corrected chi connectivity index (χ2v) is 30.3. The van der Waals surface area contributed by atoms with Gasteiger partial charge in [-0.25, -0.2) is 0 Å². The average molecular weight is 766 g/mol. The van der Waals surface area contributed by atoms with Crippen LogP contribution in [0.15, 0.2) is 72.8 Å². The minimum Gasteiger partial charge on any atom is -0.413 e. The lowest BCUT2D eigenvalue weighted by Gasteiger charge is -2.44. The van der Waals surface area contributed by atoms with E-state index in [2.05, 4.69) is 175 Å². The topological polar surface area (TPSA) is 46.2 Å². The van der Waals surface area contributed by atoms with E-state index in [1.54, 1.807) is 0 Å². The second-order valence-electron chi connectivity index (χ2n) is 19.2. The van der Waals surface area contributed by atoms with Gasteiger partial charge in [-0.1, -0.05) is 128 Å². The van der Waals surface area contributed by atoms with Gasteiger partial charge in [-0.2, -0.15) is 0 Å². The first-order valence-electron chi connectivity index (χ1n) is 20.0. The summed E-state index contributed by atoms with van der Waals surface area (Å²) in [6.07, 6.45) is 8.87. The summed E-state index contributed by atoms with van der Waals surface area (Å²) in [6, 6.07) is 21.9. The van der Waals surface area contributed by atoms with Crippen molar-refractivity contribution in [3.63, 3.8) is 0 Å². The van der Waals surface area contributed by atoms with Crippen molar-refractivity contribution < 1.29 is 22.8 Å². The van der Waals surface area contributed by atoms with Crippen molar-refractivity contribution in [1.82, 2.24) is 0 Å². The highest BCUT2D eigenvalue weighted by Crippen LogP contribution is 2.47. The Morgan fingerprint density at radius 1 is 0.827 bits per heavy atom. The van der Waals surface area contributed by atoms with Gasteiger partial charge in [0.15, 0.2) is 8.32 Å². The molecule has 0 aromatic heterocycles. The highest BCUT2D eigenvalue weighted by atomic mass is 28.4. The maximum absolute atomic E-state index is 7.38. The third kappa shape index (κ3) is 9.70. The van der Waals surface area contributed by atoms with E-state index in [0.29, 0.717) is 6.61 Å². The molecule has 0 saturated carbocycles. The average Bonchev–Trinajstić information content (AvgIpc) is 3.66. The monoisotopic (exact) mass is 765 g/mol. The molecular weight excluding hydrogens is 693 g/mol. The van der Waals surface area contributed by atoms with Crippen LogP contribution in [0.25, 0.3) is 0 Å². The lowest BCUT2D eigenvalue weighted by molar-refractivity contribution is -0.162. The summed E-state index contributed by atoms with van der Waals surface area (Å²) in [5.74, 6) is 0.420. The maximum Gasteiger partial charge on any atom is 0.261 e. The molecule has 0 unspecified atom stereocenters. The zero-order valence-corrected chi connectivity index (χ0v) is 38.5.